The van der Waals surface area contributed by atoms with Gasteiger partial charge in [0.1, 0.15) is 13.4 Å². The molecule has 3 rings (SSSR count). The summed E-state index contributed by atoms with van der Waals surface area (Å²) in [5.41, 5.74) is 1.19. The molecule has 1 fully saturated rings. The highest BCUT2D eigenvalue weighted by Crippen LogP contribution is 2.24. The largest absolute Gasteiger partial charge is 0.444 e. The van der Waals surface area contributed by atoms with Gasteiger partial charge in [-0.3, -0.25) is 9.36 Å². The first-order valence-corrected chi connectivity index (χ1v) is 9.15. The maximum Gasteiger partial charge on any atom is 0.410 e. The van der Waals surface area contributed by atoms with E-state index in [-0.39, 0.29) is 17.7 Å². The number of hydrogen-bond acceptors (Lipinski definition) is 5. The van der Waals surface area contributed by atoms with Gasteiger partial charge in [-0.05, 0) is 45.7 Å². The second-order valence-corrected chi connectivity index (χ2v) is 7.87. The Balaban J connectivity index is 1.82. The van der Waals surface area contributed by atoms with Crippen LogP contribution >= 0.6 is 0 Å². The van der Waals surface area contributed by atoms with Gasteiger partial charge in [0.2, 0.25) is 0 Å². The first kappa shape index (κ1) is 19.3. The van der Waals surface area contributed by atoms with Crippen LogP contribution in [-0.4, -0.2) is 54.1 Å². The highest BCUT2D eigenvalue weighted by molar-refractivity contribution is 6.33. The normalized spacial score (nSPS) is 15.8. The Morgan fingerprint density at radius 3 is 2.56 bits per heavy atom. The SMILES string of the molecule is [B]c1cc(NC)c2c(=O)n(C3CCN(C(=O)OC(C)(C)C)CC3)cnc2c1. The molecule has 0 atom stereocenters. The third kappa shape index (κ3) is 4.09. The third-order valence-corrected chi connectivity index (χ3v) is 4.69. The Morgan fingerprint density at radius 2 is 1.96 bits per heavy atom. The lowest BCUT2D eigenvalue weighted by molar-refractivity contribution is 0.0187. The van der Waals surface area contributed by atoms with E-state index in [2.05, 4.69) is 10.3 Å². The van der Waals surface area contributed by atoms with Crippen LogP contribution in [0, 0.1) is 0 Å². The van der Waals surface area contributed by atoms with Gasteiger partial charge < -0.3 is 15.0 Å². The Hall–Kier alpha value is -2.51. The maximum atomic E-state index is 13.1. The number of ether oxygens (including phenoxy) is 1. The first-order valence-electron chi connectivity index (χ1n) is 9.15. The minimum atomic E-state index is -0.515. The Kier molecular flexibility index (Phi) is 5.17. The van der Waals surface area contributed by atoms with Gasteiger partial charge in [0.05, 0.1) is 17.2 Å². The number of rotatable bonds is 2. The highest BCUT2D eigenvalue weighted by atomic mass is 16.6. The van der Waals surface area contributed by atoms with Crippen LogP contribution in [0.5, 0.6) is 0 Å². The van der Waals surface area contributed by atoms with Crippen molar-refractivity contribution in [1.82, 2.24) is 14.5 Å². The molecule has 2 aromatic rings. The molecule has 142 valence electrons. The molecule has 1 aromatic heterocycles. The summed E-state index contributed by atoms with van der Waals surface area (Å²) < 4.78 is 7.10. The minimum absolute atomic E-state index is 0.00431. The summed E-state index contributed by atoms with van der Waals surface area (Å²) in [5, 5.41) is 3.55. The van der Waals surface area contributed by atoms with Gasteiger partial charge >= 0.3 is 6.09 Å². The number of nitrogens with zero attached hydrogens (tertiary/aromatic N) is 3. The molecule has 2 radical (unpaired) electrons. The molecule has 1 aliphatic heterocycles. The number of amides is 1. The Bertz CT molecular complexity index is 912. The number of likely N-dealkylation sites (tertiary alicyclic amines) is 1. The summed E-state index contributed by atoms with van der Waals surface area (Å²) in [5.74, 6) is 0. The topological polar surface area (TPSA) is 76.5 Å². The number of hydrogen-bond donors (Lipinski definition) is 1. The minimum Gasteiger partial charge on any atom is -0.444 e. The number of fused-ring (bicyclic) bond motifs is 1. The van der Waals surface area contributed by atoms with Crippen LogP contribution in [-0.2, 0) is 4.74 Å². The highest BCUT2D eigenvalue weighted by Gasteiger charge is 2.28. The molecule has 1 N–H and O–H groups in total. The van der Waals surface area contributed by atoms with E-state index >= 15 is 0 Å². The quantitative estimate of drug-likeness (QED) is 0.819. The van der Waals surface area contributed by atoms with Crippen LogP contribution in [0.4, 0.5) is 10.5 Å². The van der Waals surface area contributed by atoms with Crippen LogP contribution in [0.25, 0.3) is 10.9 Å². The molecule has 1 saturated heterocycles. The summed E-state index contributed by atoms with van der Waals surface area (Å²) >= 11 is 0. The van der Waals surface area contributed by atoms with Gasteiger partial charge in [0, 0.05) is 31.9 Å². The van der Waals surface area contributed by atoms with E-state index in [9.17, 15) is 9.59 Å². The van der Waals surface area contributed by atoms with Crippen molar-refractivity contribution >= 4 is 36.0 Å². The molecule has 0 spiro atoms. The number of carbonyl (C=O) groups is 1. The zero-order valence-electron chi connectivity index (χ0n) is 16.3. The molecule has 2 heterocycles. The van der Waals surface area contributed by atoms with Crippen LogP contribution in [0.3, 0.4) is 0 Å². The predicted octanol–water partition coefficient (Wildman–Crippen LogP) is 1.80. The molecule has 1 amide bonds. The lowest BCUT2D eigenvalue weighted by Gasteiger charge is -2.34. The lowest BCUT2D eigenvalue weighted by atomic mass is 9.94. The maximum absolute atomic E-state index is 13.1. The van der Waals surface area contributed by atoms with E-state index in [1.54, 1.807) is 35.0 Å². The molecule has 0 saturated carbocycles. The predicted molar refractivity (Wildman–Crippen MR) is 107 cm³/mol. The standard InChI is InChI=1S/C19H25BN4O3/c1-19(2,3)27-18(26)23-7-5-13(6-8-23)24-11-22-15-10-12(20)9-14(21-4)16(15)17(24)25/h9-11,13,21H,5-8H2,1-4H3. The summed E-state index contributed by atoms with van der Waals surface area (Å²) in [6.07, 6.45) is 2.63. The van der Waals surface area contributed by atoms with Crippen molar-refractivity contribution in [3.05, 3.63) is 28.8 Å². The monoisotopic (exact) mass is 368 g/mol. The Labute approximate surface area is 160 Å². The average Bonchev–Trinajstić information content (AvgIpc) is 2.60. The van der Waals surface area contributed by atoms with E-state index in [1.807, 2.05) is 20.8 Å². The fourth-order valence-electron chi connectivity index (χ4n) is 3.39. The molecule has 1 aromatic carbocycles. The smallest absolute Gasteiger partial charge is 0.410 e. The van der Waals surface area contributed by atoms with Crippen molar-refractivity contribution in [1.29, 1.82) is 0 Å². The number of benzene rings is 1. The van der Waals surface area contributed by atoms with E-state index in [4.69, 9.17) is 12.6 Å². The van der Waals surface area contributed by atoms with Crippen molar-refractivity contribution in [2.45, 2.75) is 45.3 Å². The van der Waals surface area contributed by atoms with E-state index in [1.165, 1.54) is 0 Å². The molecule has 27 heavy (non-hydrogen) atoms. The molecule has 0 aliphatic carbocycles. The zero-order valence-corrected chi connectivity index (χ0v) is 16.3. The van der Waals surface area contributed by atoms with Crippen molar-refractivity contribution in [3.63, 3.8) is 0 Å². The van der Waals surface area contributed by atoms with Crippen LogP contribution in [0.1, 0.15) is 39.7 Å². The molecule has 0 bridgehead atoms. The molecule has 1 aliphatic rings. The van der Waals surface area contributed by atoms with Crippen molar-refractivity contribution in [2.75, 3.05) is 25.5 Å². The van der Waals surface area contributed by atoms with Gasteiger partial charge in [0.15, 0.2) is 0 Å². The fraction of sp³-hybridized carbons (Fsp3) is 0.526. The van der Waals surface area contributed by atoms with Crippen molar-refractivity contribution in [3.8, 4) is 0 Å². The zero-order chi connectivity index (χ0) is 19.8. The van der Waals surface area contributed by atoms with E-state index < -0.39 is 5.60 Å². The van der Waals surface area contributed by atoms with Crippen LogP contribution in [0.2, 0.25) is 0 Å². The molecular formula is C19H25BN4O3. The molecule has 0 unspecified atom stereocenters. The number of carbonyl (C=O) groups excluding carboxylic acids is 1. The Morgan fingerprint density at radius 1 is 1.30 bits per heavy atom. The number of nitrogens with one attached hydrogen (secondary N) is 1. The molecule has 7 nitrogen and oxygen atoms in total. The molecule has 8 heteroatoms. The fourth-order valence-corrected chi connectivity index (χ4v) is 3.39. The van der Waals surface area contributed by atoms with Gasteiger partial charge in [-0.15, -0.1) is 0 Å². The summed E-state index contributed by atoms with van der Waals surface area (Å²) in [4.78, 5) is 31.4. The van der Waals surface area contributed by atoms with E-state index in [0.717, 1.165) is 0 Å². The van der Waals surface area contributed by atoms with Crippen molar-refractivity contribution < 1.29 is 9.53 Å². The lowest BCUT2D eigenvalue weighted by Crippen LogP contribution is -2.43. The molecular weight excluding hydrogens is 343 g/mol. The first-order chi connectivity index (χ1) is 12.7. The van der Waals surface area contributed by atoms with Crippen molar-refractivity contribution in [2.24, 2.45) is 0 Å². The van der Waals surface area contributed by atoms with Gasteiger partial charge in [-0.25, -0.2) is 9.78 Å². The van der Waals surface area contributed by atoms with E-state index in [0.29, 0.717) is 48.0 Å². The third-order valence-electron chi connectivity index (χ3n) is 4.69. The summed E-state index contributed by atoms with van der Waals surface area (Å²) in [7, 11) is 7.63. The second-order valence-electron chi connectivity index (χ2n) is 7.87. The number of piperidine rings is 1. The summed E-state index contributed by atoms with van der Waals surface area (Å²) in [6, 6.07) is 3.43. The van der Waals surface area contributed by atoms with Gasteiger partial charge in [-0.2, -0.15) is 0 Å². The number of anilines is 1. The summed E-state index contributed by atoms with van der Waals surface area (Å²) in [6.45, 7) is 6.65. The van der Waals surface area contributed by atoms with Crippen LogP contribution < -0.4 is 16.3 Å². The second kappa shape index (κ2) is 7.25. The van der Waals surface area contributed by atoms with Gasteiger partial charge in [0.25, 0.3) is 5.56 Å². The van der Waals surface area contributed by atoms with Gasteiger partial charge in [-0.1, -0.05) is 5.46 Å². The van der Waals surface area contributed by atoms with Crippen LogP contribution in [0.15, 0.2) is 23.3 Å². The number of aromatic nitrogens is 2. The average molecular weight is 368 g/mol.